The van der Waals surface area contributed by atoms with Crippen molar-refractivity contribution in [2.24, 2.45) is 5.92 Å². The normalized spacial score (nSPS) is 20.4. The molecular formula is C22H26IN3OS. The molecule has 6 heteroatoms. The zero-order chi connectivity index (χ0) is 19.3. The number of anilines is 1. The molecule has 4 nitrogen and oxygen atoms in total. The van der Waals surface area contributed by atoms with Crippen LogP contribution in [-0.4, -0.2) is 40.2 Å². The van der Waals surface area contributed by atoms with Gasteiger partial charge in [0.05, 0.1) is 14.3 Å². The van der Waals surface area contributed by atoms with Gasteiger partial charge in [0, 0.05) is 13.1 Å². The van der Waals surface area contributed by atoms with E-state index in [9.17, 15) is 0 Å². The van der Waals surface area contributed by atoms with Crippen molar-refractivity contribution in [1.82, 2.24) is 9.88 Å². The molecule has 2 unspecified atom stereocenters. The molecule has 0 bridgehead atoms. The summed E-state index contributed by atoms with van der Waals surface area (Å²) in [6, 6.07) is 16.6. The van der Waals surface area contributed by atoms with Crippen LogP contribution in [-0.2, 0) is 0 Å². The van der Waals surface area contributed by atoms with Crippen molar-refractivity contribution >= 4 is 49.3 Å². The van der Waals surface area contributed by atoms with E-state index in [-0.39, 0.29) is 0 Å². The van der Waals surface area contributed by atoms with E-state index < -0.39 is 0 Å². The Labute approximate surface area is 184 Å². The second-order valence-electron chi connectivity index (χ2n) is 7.34. The fourth-order valence-corrected chi connectivity index (χ4v) is 5.79. The van der Waals surface area contributed by atoms with E-state index in [1.54, 1.807) is 11.3 Å². The quantitative estimate of drug-likeness (QED) is 0.258. The molecule has 0 saturated carbocycles. The maximum Gasteiger partial charge on any atom is 0.183 e. The highest BCUT2D eigenvalue weighted by molar-refractivity contribution is 14.1. The van der Waals surface area contributed by atoms with E-state index in [0.29, 0.717) is 9.97 Å². The Bertz CT molecular complexity index is 882. The Morgan fingerprint density at radius 1 is 1.21 bits per heavy atom. The second-order valence-corrected chi connectivity index (χ2v) is 9.81. The molecule has 2 heterocycles. The van der Waals surface area contributed by atoms with E-state index in [1.807, 2.05) is 12.1 Å². The van der Waals surface area contributed by atoms with Crippen molar-refractivity contribution in [3.05, 3.63) is 54.1 Å². The molecule has 2 atom stereocenters. The van der Waals surface area contributed by atoms with Gasteiger partial charge in [-0.15, -0.1) is 0 Å². The van der Waals surface area contributed by atoms with Gasteiger partial charge in [-0.25, -0.2) is 4.98 Å². The average Bonchev–Trinajstić information content (AvgIpc) is 3.12. The summed E-state index contributed by atoms with van der Waals surface area (Å²) in [5, 5.41) is 4.61. The van der Waals surface area contributed by atoms with Crippen molar-refractivity contribution in [3.63, 3.8) is 0 Å². The summed E-state index contributed by atoms with van der Waals surface area (Å²) in [5.74, 6) is 1.70. The summed E-state index contributed by atoms with van der Waals surface area (Å²) in [7, 11) is 0. The van der Waals surface area contributed by atoms with Gasteiger partial charge in [0.1, 0.15) is 12.4 Å². The molecular weight excluding hydrogens is 481 g/mol. The standard InChI is InChI=1S/C22H26IN3OS/c1-16-6-2-4-8-19(16)27-13-12-26-11-10-17(14-21(26)23)15-24-22-25-18-7-3-5-9-20(18)28-22/h2-9,17,21H,10-15H2,1H3,(H,24,25). The van der Waals surface area contributed by atoms with Gasteiger partial charge in [-0.2, -0.15) is 0 Å². The molecule has 2 aromatic carbocycles. The number of hydrogen-bond donors (Lipinski definition) is 1. The van der Waals surface area contributed by atoms with Gasteiger partial charge < -0.3 is 10.1 Å². The number of piperidine rings is 1. The van der Waals surface area contributed by atoms with Gasteiger partial charge >= 0.3 is 0 Å². The summed E-state index contributed by atoms with van der Waals surface area (Å²) in [4.78, 5) is 7.23. The Balaban J connectivity index is 1.22. The fourth-order valence-electron chi connectivity index (χ4n) is 3.64. The number of likely N-dealkylation sites (tertiary alicyclic amines) is 1. The van der Waals surface area contributed by atoms with Crippen molar-refractivity contribution in [2.75, 3.05) is 31.6 Å². The number of hydrogen-bond acceptors (Lipinski definition) is 5. The van der Waals surface area contributed by atoms with E-state index in [2.05, 4.69) is 81.1 Å². The van der Waals surface area contributed by atoms with E-state index in [1.165, 1.54) is 23.1 Å². The topological polar surface area (TPSA) is 37.4 Å². The van der Waals surface area contributed by atoms with Crippen LogP contribution in [0.4, 0.5) is 5.13 Å². The lowest BCUT2D eigenvalue weighted by molar-refractivity contribution is 0.149. The minimum atomic E-state index is 0.564. The lowest BCUT2D eigenvalue weighted by atomic mass is 9.97. The molecule has 0 radical (unpaired) electrons. The summed E-state index contributed by atoms with van der Waals surface area (Å²) in [5.41, 5.74) is 2.29. The van der Waals surface area contributed by atoms with Gasteiger partial charge in [0.15, 0.2) is 5.13 Å². The first-order valence-corrected chi connectivity index (χ1v) is 11.9. The number of fused-ring (bicyclic) bond motifs is 1. The molecule has 0 amide bonds. The first-order valence-electron chi connectivity index (χ1n) is 9.85. The zero-order valence-corrected chi connectivity index (χ0v) is 19.1. The smallest absolute Gasteiger partial charge is 0.183 e. The number of para-hydroxylation sites is 2. The fraction of sp³-hybridized carbons (Fsp3) is 0.409. The molecule has 1 fully saturated rings. The van der Waals surface area contributed by atoms with Gasteiger partial charge in [-0.05, 0) is 56.0 Å². The number of thiazole rings is 1. The molecule has 28 heavy (non-hydrogen) atoms. The predicted octanol–water partition coefficient (Wildman–Crippen LogP) is 5.57. The SMILES string of the molecule is Cc1ccccc1OCCN1CCC(CNc2nc3ccccc3s2)CC1I. The van der Waals surface area contributed by atoms with Gasteiger partial charge in [0.25, 0.3) is 0 Å². The molecule has 1 saturated heterocycles. The van der Waals surface area contributed by atoms with E-state index in [4.69, 9.17) is 4.74 Å². The van der Waals surface area contributed by atoms with E-state index >= 15 is 0 Å². The Morgan fingerprint density at radius 2 is 2.04 bits per heavy atom. The monoisotopic (exact) mass is 507 g/mol. The molecule has 0 aliphatic carbocycles. The number of nitrogens with zero attached hydrogens (tertiary/aromatic N) is 2. The third kappa shape index (κ3) is 4.96. The summed E-state index contributed by atoms with van der Waals surface area (Å²) in [6.07, 6.45) is 2.44. The van der Waals surface area contributed by atoms with Crippen LogP contribution in [0.1, 0.15) is 18.4 Å². The molecule has 4 rings (SSSR count). The minimum absolute atomic E-state index is 0.564. The Morgan fingerprint density at radius 3 is 2.86 bits per heavy atom. The van der Waals surface area contributed by atoms with Crippen LogP contribution >= 0.6 is 33.9 Å². The number of ether oxygens (including phenoxy) is 1. The summed E-state index contributed by atoms with van der Waals surface area (Å²) < 4.78 is 7.80. The lowest BCUT2D eigenvalue weighted by Gasteiger charge is -2.36. The molecule has 3 aromatic rings. The molecule has 1 aromatic heterocycles. The summed E-state index contributed by atoms with van der Waals surface area (Å²) in [6.45, 7) is 5.98. The third-order valence-electron chi connectivity index (χ3n) is 5.31. The van der Waals surface area contributed by atoms with Crippen LogP contribution < -0.4 is 10.1 Å². The first-order chi connectivity index (χ1) is 13.7. The molecule has 0 spiro atoms. The number of benzene rings is 2. The Kier molecular flexibility index (Phi) is 6.69. The summed E-state index contributed by atoms with van der Waals surface area (Å²) >= 11 is 4.34. The van der Waals surface area contributed by atoms with Crippen LogP contribution in [0.25, 0.3) is 10.2 Å². The highest BCUT2D eigenvalue weighted by Gasteiger charge is 2.26. The second kappa shape index (κ2) is 9.41. The minimum Gasteiger partial charge on any atom is -0.492 e. The first kappa shape index (κ1) is 19.9. The van der Waals surface area contributed by atoms with Crippen molar-refractivity contribution in [1.29, 1.82) is 0 Å². The number of rotatable bonds is 7. The van der Waals surface area contributed by atoms with E-state index in [0.717, 1.165) is 42.6 Å². The highest BCUT2D eigenvalue weighted by atomic mass is 127. The maximum absolute atomic E-state index is 5.98. The number of aromatic nitrogens is 1. The molecule has 1 N–H and O–H groups in total. The predicted molar refractivity (Wildman–Crippen MR) is 127 cm³/mol. The molecule has 1 aliphatic rings. The van der Waals surface area contributed by atoms with Crippen LogP contribution in [0.2, 0.25) is 0 Å². The van der Waals surface area contributed by atoms with Gasteiger partial charge in [-0.3, -0.25) is 4.90 Å². The Hall–Kier alpha value is -1.38. The van der Waals surface area contributed by atoms with Crippen LogP contribution in [0, 0.1) is 12.8 Å². The maximum atomic E-state index is 5.98. The number of halogens is 1. The highest BCUT2D eigenvalue weighted by Crippen LogP contribution is 2.29. The van der Waals surface area contributed by atoms with Gasteiger partial charge in [0.2, 0.25) is 0 Å². The van der Waals surface area contributed by atoms with Crippen molar-refractivity contribution < 1.29 is 4.74 Å². The average molecular weight is 507 g/mol. The number of aryl methyl sites for hydroxylation is 1. The van der Waals surface area contributed by atoms with Crippen LogP contribution in [0.3, 0.4) is 0 Å². The molecule has 148 valence electrons. The lowest BCUT2D eigenvalue weighted by Crippen LogP contribution is -2.42. The van der Waals surface area contributed by atoms with Gasteiger partial charge in [-0.1, -0.05) is 64.3 Å². The van der Waals surface area contributed by atoms with Crippen LogP contribution in [0.15, 0.2) is 48.5 Å². The van der Waals surface area contributed by atoms with Crippen molar-refractivity contribution in [2.45, 2.75) is 23.8 Å². The van der Waals surface area contributed by atoms with Crippen molar-refractivity contribution in [3.8, 4) is 5.75 Å². The third-order valence-corrected chi connectivity index (χ3v) is 7.60. The zero-order valence-electron chi connectivity index (χ0n) is 16.1. The number of alkyl halides is 1. The van der Waals surface area contributed by atoms with Crippen LogP contribution in [0.5, 0.6) is 5.75 Å². The number of nitrogens with one attached hydrogen (secondary N) is 1. The molecule has 1 aliphatic heterocycles. The largest absolute Gasteiger partial charge is 0.492 e.